The van der Waals surface area contributed by atoms with Gasteiger partial charge in [0.1, 0.15) is 0 Å². The average molecular weight is 337 g/mol. The predicted molar refractivity (Wildman–Crippen MR) is 95.2 cm³/mol. The van der Waals surface area contributed by atoms with Gasteiger partial charge in [0.15, 0.2) is 17.3 Å². The highest BCUT2D eigenvalue weighted by Gasteiger charge is 2.28. The number of nitrogens with two attached hydrogens (primary N) is 1. The van der Waals surface area contributed by atoms with Crippen molar-refractivity contribution in [1.29, 1.82) is 0 Å². The van der Waals surface area contributed by atoms with Gasteiger partial charge in [-0.3, -0.25) is 4.79 Å². The Morgan fingerprint density at radius 2 is 2.00 bits per heavy atom. The van der Waals surface area contributed by atoms with Crippen molar-refractivity contribution in [2.75, 3.05) is 12.5 Å². The normalized spacial score (nSPS) is 17.5. The maximum atomic E-state index is 11.6. The van der Waals surface area contributed by atoms with Gasteiger partial charge in [-0.05, 0) is 43.2 Å². The van der Waals surface area contributed by atoms with Gasteiger partial charge < -0.3 is 20.6 Å². The average Bonchev–Trinajstić information content (AvgIpc) is 3.06. The van der Waals surface area contributed by atoms with Crippen LogP contribution in [0, 0.1) is 0 Å². The number of nitrogens with one attached hydrogen (secondary N) is 1. The molecule has 0 radical (unpaired) electrons. The molecule has 2 aliphatic heterocycles. The van der Waals surface area contributed by atoms with Crippen molar-refractivity contribution in [1.82, 2.24) is 5.43 Å². The van der Waals surface area contributed by atoms with E-state index in [0.717, 1.165) is 34.6 Å². The highest BCUT2D eigenvalue weighted by Crippen LogP contribution is 2.40. The van der Waals surface area contributed by atoms with Gasteiger partial charge in [0.05, 0.1) is 11.8 Å². The maximum Gasteiger partial charge on any atom is 0.231 e. The van der Waals surface area contributed by atoms with Crippen LogP contribution in [-0.4, -0.2) is 18.3 Å². The Bertz CT molecular complexity index is 905. The van der Waals surface area contributed by atoms with E-state index in [4.69, 9.17) is 15.2 Å². The fourth-order valence-corrected chi connectivity index (χ4v) is 3.24. The number of anilines is 1. The van der Waals surface area contributed by atoms with Gasteiger partial charge in [0, 0.05) is 22.4 Å². The molecule has 0 bridgehead atoms. The summed E-state index contributed by atoms with van der Waals surface area (Å²) in [6, 6.07) is 9.37. The largest absolute Gasteiger partial charge is 0.454 e. The van der Waals surface area contributed by atoms with E-state index in [1.807, 2.05) is 18.2 Å². The zero-order valence-corrected chi connectivity index (χ0v) is 14.1. The van der Waals surface area contributed by atoms with Gasteiger partial charge in [0.25, 0.3) is 0 Å². The lowest BCUT2D eigenvalue weighted by atomic mass is 9.89. The van der Waals surface area contributed by atoms with Crippen molar-refractivity contribution in [2.24, 2.45) is 5.10 Å². The number of hydrogen-bond acceptors (Lipinski definition) is 6. The van der Waals surface area contributed by atoms with Gasteiger partial charge in [-0.25, -0.2) is 0 Å². The lowest BCUT2D eigenvalue weighted by Crippen LogP contribution is -2.26. The van der Waals surface area contributed by atoms with Crippen LogP contribution < -0.4 is 20.6 Å². The van der Waals surface area contributed by atoms with Crippen molar-refractivity contribution >= 4 is 17.2 Å². The summed E-state index contributed by atoms with van der Waals surface area (Å²) in [6.07, 6.45) is 0.891. The van der Waals surface area contributed by atoms with E-state index in [9.17, 15) is 4.79 Å². The molecule has 1 atom stereocenters. The summed E-state index contributed by atoms with van der Waals surface area (Å²) in [7, 11) is 0. The molecule has 0 aromatic heterocycles. The number of Topliss-reactive ketones (excluding diaryl/α,β-unsaturated/α-hetero) is 1. The van der Waals surface area contributed by atoms with E-state index >= 15 is 0 Å². The van der Waals surface area contributed by atoms with Crippen LogP contribution in [0.1, 0.15) is 53.4 Å². The molecule has 2 aliphatic rings. The molecule has 0 aliphatic carbocycles. The molecule has 6 nitrogen and oxygen atoms in total. The lowest BCUT2D eigenvalue weighted by molar-refractivity contribution is 0.101. The number of ketones is 1. The first kappa shape index (κ1) is 15.5. The van der Waals surface area contributed by atoms with Crippen LogP contribution in [0.2, 0.25) is 0 Å². The summed E-state index contributed by atoms with van der Waals surface area (Å²) >= 11 is 0. The minimum atomic E-state index is -0.0169. The second-order valence-corrected chi connectivity index (χ2v) is 6.20. The quantitative estimate of drug-likeness (QED) is 0.664. The molecule has 2 aromatic carbocycles. The Kier molecular flexibility index (Phi) is 3.60. The Balaban J connectivity index is 1.85. The monoisotopic (exact) mass is 337 g/mol. The molecule has 1 unspecified atom stereocenters. The van der Waals surface area contributed by atoms with Crippen LogP contribution in [0.15, 0.2) is 35.4 Å². The number of ether oxygens (including phenoxy) is 2. The molecular weight excluding hydrogens is 318 g/mol. The molecule has 0 fully saturated rings. The van der Waals surface area contributed by atoms with E-state index in [1.54, 1.807) is 12.1 Å². The van der Waals surface area contributed by atoms with Gasteiger partial charge in [-0.15, -0.1) is 0 Å². The van der Waals surface area contributed by atoms with E-state index in [0.29, 0.717) is 17.0 Å². The molecular formula is C19H19N3O3. The minimum Gasteiger partial charge on any atom is -0.454 e. The maximum absolute atomic E-state index is 11.6. The molecule has 0 saturated heterocycles. The minimum absolute atomic E-state index is 0.0169. The predicted octanol–water partition coefficient (Wildman–Crippen LogP) is 3.01. The van der Waals surface area contributed by atoms with E-state index in [2.05, 4.69) is 17.5 Å². The van der Waals surface area contributed by atoms with Crippen LogP contribution in [0.4, 0.5) is 5.69 Å². The Hall–Kier alpha value is -3.02. The van der Waals surface area contributed by atoms with E-state index < -0.39 is 0 Å². The van der Waals surface area contributed by atoms with E-state index in [1.165, 1.54) is 6.92 Å². The first-order chi connectivity index (χ1) is 12.1. The Morgan fingerprint density at radius 1 is 1.24 bits per heavy atom. The highest BCUT2D eigenvalue weighted by molar-refractivity contribution is 6.17. The molecule has 6 heteroatoms. The number of fused-ring (bicyclic) bond motifs is 2. The molecule has 128 valence electrons. The van der Waals surface area contributed by atoms with Crippen LogP contribution in [-0.2, 0) is 0 Å². The second kappa shape index (κ2) is 5.81. The summed E-state index contributed by atoms with van der Waals surface area (Å²) in [5.74, 6) is 1.44. The molecule has 3 N–H and O–H groups in total. The number of nitrogen functional groups attached to an aromatic ring is 1. The van der Waals surface area contributed by atoms with Crippen molar-refractivity contribution in [3.05, 3.63) is 52.6 Å². The number of nitrogens with zero attached hydrogens (tertiary/aromatic N) is 1. The lowest BCUT2D eigenvalue weighted by Gasteiger charge is -2.26. The summed E-state index contributed by atoms with van der Waals surface area (Å²) in [5, 5.41) is 4.56. The third kappa shape index (κ3) is 2.50. The molecule has 0 saturated carbocycles. The van der Waals surface area contributed by atoms with Crippen LogP contribution in [0.3, 0.4) is 0 Å². The number of hydrogen-bond donors (Lipinski definition) is 2. The molecule has 0 amide bonds. The highest BCUT2D eigenvalue weighted by atomic mass is 16.7. The number of rotatable bonds is 3. The van der Waals surface area contributed by atoms with Crippen molar-refractivity contribution in [2.45, 2.75) is 26.3 Å². The van der Waals surface area contributed by atoms with Crippen LogP contribution in [0.25, 0.3) is 0 Å². The zero-order valence-electron chi connectivity index (χ0n) is 14.1. The summed E-state index contributed by atoms with van der Waals surface area (Å²) in [4.78, 5) is 11.6. The van der Waals surface area contributed by atoms with Gasteiger partial charge in [-0.1, -0.05) is 13.0 Å². The number of hydrazone groups is 1. The van der Waals surface area contributed by atoms with Crippen LogP contribution in [0.5, 0.6) is 11.5 Å². The van der Waals surface area contributed by atoms with Crippen LogP contribution >= 0.6 is 0 Å². The van der Waals surface area contributed by atoms with Gasteiger partial charge >= 0.3 is 0 Å². The van der Waals surface area contributed by atoms with Gasteiger partial charge in [-0.2, -0.15) is 5.10 Å². The fourth-order valence-electron chi connectivity index (χ4n) is 3.24. The third-order valence-corrected chi connectivity index (χ3v) is 4.63. The van der Waals surface area contributed by atoms with E-state index in [-0.39, 0.29) is 18.6 Å². The van der Waals surface area contributed by atoms with Crippen molar-refractivity contribution in [3.63, 3.8) is 0 Å². The molecule has 25 heavy (non-hydrogen) atoms. The Labute approximate surface area is 145 Å². The standard InChI is InChI=1S/C19H19N3O3/c1-3-16-13-7-17-18(25-9-24-17)8-14(13)19(22-21-16)12-5-4-11(10(2)23)6-15(12)20/h4-8,16,21H,3,9,20H2,1-2H3. The fraction of sp³-hybridized carbons (Fsp3) is 0.263. The molecule has 2 heterocycles. The molecule has 0 spiro atoms. The summed E-state index contributed by atoms with van der Waals surface area (Å²) in [6.45, 7) is 3.85. The first-order valence-electron chi connectivity index (χ1n) is 8.26. The third-order valence-electron chi connectivity index (χ3n) is 4.63. The SMILES string of the molecule is CCC1NN=C(c2ccc(C(C)=O)cc2N)c2cc3c(cc21)OCO3. The second-order valence-electron chi connectivity index (χ2n) is 6.20. The molecule has 2 aromatic rings. The van der Waals surface area contributed by atoms with Gasteiger partial charge in [0.2, 0.25) is 6.79 Å². The zero-order chi connectivity index (χ0) is 17.6. The first-order valence-corrected chi connectivity index (χ1v) is 8.26. The Morgan fingerprint density at radius 3 is 2.68 bits per heavy atom. The number of benzene rings is 2. The number of carbonyl (C=O) groups excluding carboxylic acids is 1. The molecule has 4 rings (SSSR count). The topological polar surface area (TPSA) is 85.9 Å². The van der Waals surface area contributed by atoms with Crippen molar-refractivity contribution in [3.8, 4) is 11.5 Å². The smallest absolute Gasteiger partial charge is 0.231 e. The van der Waals surface area contributed by atoms with Crippen molar-refractivity contribution < 1.29 is 14.3 Å². The number of carbonyl (C=O) groups is 1. The summed E-state index contributed by atoms with van der Waals surface area (Å²) < 4.78 is 11.0. The summed E-state index contributed by atoms with van der Waals surface area (Å²) in [5.41, 5.74) is 14.1.